The second kappa shape index (κ2) is 6.24. The van der Waals surface area contributed by atoms with Crippen LogP contribution in [0.3, 0.4) is 0 Å². The van der Waals surface area contributed by atoms with Crippen LogP contribution in [0.25, 0.3) is 0 Å². The van der Waals surface area contributed by atoms with Crippen molar-refractivity contribution in [2.24, 2.45) is 11.7 Å². The van der Waals surface area contributed by atoms with Crippen molar-refractivity contribution in [1.29, 1.82) is 0 Å². The van der Waals surface area contributed by atoms with Crippen molar-refractivity contribution in [3.63, 3.8) is 0 Å². The molecule has 0 aliphatic carbocycles. The first-order chi connectivity index (χ1) is 9.48. The van der Waals surface area contributed by atoms with E-state index in [1.807, 2.05) is 6.92 Å². The normalized spacial score (nSPS) is 24.4. The molecule has 0 amide bonds. The summed E-state index contributed by atoms with van der Waals surface area (Å²) in [6, 6.07) is -0.0598. The van der Waals surface area contributed by atoms with Crippen LogP contribution in [0.5, 0.6) is 0 Å². The van der Waals surface area contributed by atoms with Crippen molar-refractivity contribution >= 4 is 10.0 Å². The van der Waals surface area contributed by atoms with E-state index in [1.165, 1.54) is 10.5 Å². The van der Waals surface area contributed by atoms with Crippen molar-refractivity contribution in [2.75, 3.05) is 13.1 Å². The first kappa shape index (κ1) is 15.5. The summed E-state index contributed by atoms with van der Waals surface area (Å²) < 4.78 is 28.3. The smallest absolute Gasteiger partial charge is 0.246 e. The fourth-order valence-electron chi connectivity index (χ4n) is 2.71. The highest BCUT2D eigenvalue weighted by atomic mass is 32.2. The third-order valence-corrected chi connectivity index (χ3v) is 5.60. The third kappa shape index (κ3) is 3.05. The molecule has 0 spiro atoms. The Bertz CT molecular complexity index is 540. The van der Waals surface area contributed by atoms with E-state index < -0.39 is 10.0 Å². The molecule has 20 heavy (non-hydrogen) atoms. The maximum absolute atomic E-state index is 12.6. The van der Waals surface area contributed by atoms with Crippen LogP contribution in [-0.2, 0) is 16.6 Å². The summed E-state index contributed by atoms with van der Waals surface area (Å²) in [6.07, 6.45) is 5.97. The second-order valence-corrected chi connectivity index (χ2v) is 7.41. The molecule has 1 aliphatic rings. The Hall–Kier alpha value is -0.920. The van der Waals surface area contributed by atoms with Crippen LogP contribution >= 0.6 is 0 Å². The lowest BCUT2D eigenvalue weighted by Crippen LogP contribution is -2.32. The maximum Gasteiger partial charge on any atom is 0.246 e. The Kier molecular flexibility index (Phi) is 4.82. The van der Waals surface area contributed by atoms with Crippen molar-refractivity contribution in [3.8, 4) is 0 Å². The van der Waals surface area contributed by atoms with Crippen LogP contribution in [0, 0.1) is 5.92 Å². The predicted molar refractivity (Wildman–Crippen MR) is 77.7 cm³/mol. The quantitative estimate of drug-likeness (QED) is 0.851. The van der Waals surface area contributed by atoms with Crippen molar-refractivity contribution in [1.82, 2.24) is 14.1 Å². The zero-order valence-electron chi connectivity index (χ0n) is 12.2. The van der Waals surface area contributed by atoms with E-state index in [2.05, 4.69) is 12.0 Å². The number of nitrogens with two attached hydrogens (primary N) is 1. The van der Waals surface area contributed by atoms with Gasteiger partial charge in [0, 0.05) is 31.9 Å². The van der Waals surface area contributed by atoms with E-state index >= 15 is 0 Å². The van der Waals surface area contributed by atoms with Gasteiger partial charge in [0.1, 0.15) is 4.90 Å². The van der Waals surface area contributed by atoms with E-state index in [1.54, 1.807) is 10.9 Å². The summed E-state index contributed by atoms with van der Waals surface area (Å²) in [5.41, 5.74) is 6.06. The molecule has 1 saturated heterocycles. The molecule has 2 atom stereocenters. The molecule has 0 radical (unpaired) electrons. The molecule has 2 rings (SSSR count). The predicted octanol–water partition coefficient (Wildman–Crippen LogP) is 1.04. The fraction of sp³-hybridized carbons (Fsp3) is 0.769. The van der Waals surface area contributed by atoms with Crippen LogP contribution in [0.4, 0.5) is 0 Å². The SMILES string of the molecule is CCC[C@@H]1CN(S(=O)(=O)c2cnn(CCC)c2)C[C@H]1N. The van der Waals surface area contributed by atoms with Crippen molar-refractivity contribution in [3.05, 3.63) is 12.4 Å². The van der Waals surface area contributed by atoms with Crippen LogP contribution < -0.4 is 5.73 Å². The van der Waals surface area contributed by atoms with Gasteiger partial charge >= 0.3 is 0 Å². The fourth-order valence-corrected chi connectivity index (χ4v) is 4.20. The minimum Gasteiger partial charge on any atom is -0.326 e. The molecule has 7 heteroatoms. The average Bonchev–Trinajstić information content (AvgIpc) is 2.99. The zero-order valence-corrected chi connectivity index (χ0v) is 13.0. The summed E-state index contributed by atoms with van der Waals surface area (Å²) in [7, 11) is -3.45. The molecule has 1 aliphatic heterocycles. The number of nitrogens with zero attached hydrogens (tertiary/aromatic N) is 3. The summed E-state index contributed by atoms with van der Waals surface area (Å²) >= 11 is 0. The molecule has 0 aromatic carbocycles. The Labute approximate surface area is 121 Å². The molecule has 1 aromatic heterocycles. The number of hydrogen-bond acceptors (Lipinski definition) is 4. The first-order valence-corrected chi connectivity index (χ1v) is 8.71. The van der Waals surface area contributed by atoms with E-state index in [0.717, 1.165) is 25.8 Å². The highest BCUT2D eigenvalue weighted by Gasteiger charge is 2.37. The Morgan fingerprint density at radius 3 is 2.75 bits per heavy atom. The zero-order chi connectivity index (χ0) is 14.8. The van der Waals surface area contributed by atoms with E-state index in [0.29, 0.717) is 13.1 Å². The molecule has 2 N–H and O–H groups in total. The second-order valence-electron chi connectivity index (χ2n) is 5.47. The summed E-state index contributed by atoms with van der Waals surface area (Å²) in [6.45, 7) is 5.79. The van der Waals surface area contributed by atoms with Crippen LogP contribution in [0.15, 0.2) is 17.3 Å². The van der Waals surface area contributed by atoms with Gasteiger partial charge in [-0.25, -0.2) is 8.42 Å². The molecule has 0 saturated carbocycles. The Balaban J connectivity index is 2.14. The van der Waals surface area contributed by atoms with Crippen LogP contribution in [0.2, 0.25) is 0 Å². The summed E-state index contributed by atoms with van der Waals surface area (Å²) in [5.74, 6) is 0.264. The van der Waals surface area contributed by atoms with Crippen molar-refractivity contribution < 1.29 is 8.42 Å². The van der Waals surface area contributed by atoms with Crippen LogP contribution in [-0.4, -0.2) is 41.6 Å². The van der Waals surface area contributed by atoms with Gasteiger partial charge in [0.25, 0.3) is 0 Å². The lowest BCUT2D eigenvalue weighted by atomic mass is 9.99. The van der Waals surface area contributed by atoms with Gasteiger partial charge in [-0.3, -0.25) is 4.68 Å². The molecule has 2 heterocycles. The van der Waals surface area contributed by atoms with E-state index in [4.69, 9.17) is 5.73 Å². The topological polar surface area (TPSA) is 81.2 Å². The first-order valence-electron chi connectivity index (χ1n) is 7.27. The van der Waals surface area contributed by atoms with E-state index in [9.17, 15) is 8.42 Å². The highest BCUT2D eigenvalue weighted by molar-refractivity contribution is 7.89. The molecular weight excluding hydrogens is 276 g/mol. The molecule has 0 unspecified atom stereocenters. The lowest BCUT2D eigenvalue weighted by Gasteiger charge is -2.14. The maximum atomic E-state index is 12.6. The minimum absolute atomic E-state index is 0.0598. The number of hydrogen-bond donors (Lipinski definition) is 1. The standard InChI is InChI=1S/C13H24N4O2S/c1-3-5-11-8-17(10-13(11)14)20(18,19)12-7-15-16(9-12)6-4-2/h7,9,11,13H,3-6,8,10,14H2,1-2H3/t11-,13-/m1/s1. The number of rotatable bonds is 6. The molecule has 1 fully saturated rings. The average molecular weight is 300 g/mol. The van der Waals surface area contributed by atoms with Crippen molar-refractivity contribution in [2.45, 2.75) is 50.6 Å². The van der Waals surface area contributed by atoms with Gasteiger partial charge in [-0.15, -0.1) is 0 Å². The lowest BCUT2D eigenvalue weighted by molar-refractivity contribution is 0.439. The number of sulfonamides is 1. The summed E-state index contributed by atoms with van der Waals surface area (Å²) in [5, 5.41) is 4.10. The molecular formula is C13H24N4O2S. The molecule has 1 aromatic rings. The number of aromatic nitrogens is 2. The third-order valence-electron chi connectivity index (χ3n) is 3.82. The van der Waals surface area contributed by atoms with Gasteiger partial charge in [-0.2, -0.15) is 9.40 Å². The largest absolute Gasteiger partial charge is 0.326 e. The van der Waals surface area contributed by atoms with Gasteiger partial charge in [0.05, 0.1) is 6.20 Å². The Morgan fingerprint density at radius 1 is 1.35 bits per heavy atom. The van der Waals surface area contributed by atoms with Gasteiger partial charge < -0.3 is 5.73 Å². The van der Waals surface area contributed by atoms with Gasteiger partial charge in [0.15, 0.2) is 0 Å². The van der Waals surface area contributed by atoms with Crippen LogP contribution in [0.1, 0.15) is 33.1 Å². The Morgan fingerprint density at radius 2 is 2.10 bits per heavy atom. The van der Waals surface area contributed by atoms with Gasteiger partial charge in [0.2, 0.25) is 10.0 Å². The molecule has 6 nitrogen and oxygen atoms in total. The highest BCUT2D eigenvalue weighted by Crippen LogP contribution is 2.26. The van der Waals surface area contributed by atoms with Gasteiger partial charge in [-0.1, -0.05) is 20.3 Å². The minimum atomic E-state index is -3.45. The monoisotopic (exact) mass is 300 g/mol. The molecule has 114 valence electrons. The summed E-state index contributed by atoms with van der Waals surface area (Å²) in [4.78, 5) is 0.273. The van der Waals surface area contributed by atoms with Gasteiger partial charge in [-0.05, 0) is 18.8 Å². The number of aryl methyl sites for hydroxylation is 1. The molecule has 0 bridgehead atoms. The van der Waals surface area contributed by atoms with E-state index in [-0.39, 0.29) is 16.9 Å².